The van der Waals surface area contributed by atoms with E-state index in [-0.39, 0.29) is 0 Å². The maximum Gasteiger partial charge on any atom is 0.0586 e. The molecule has 0 aromatic carbocycles. The Morgan fingerprint density at radius 2 is 2.20 bits per heavy atom. The van der Waals surface area contributed by atoms with E-state index in [1.807, 2.05) is 11.8 Å². The summed E-state index contributed by atoms with van der Waals surface area (Å²) in [4.78, 5) is 2.47. The predicted octanol–water partition coefficient (Wildman–Crippen LogP) is 2.22. The third kappa shape index (κ3) is 5.23. The van der Waals surface area contributed by atoms with Gasteiger partial charge in [-0.3, -0.25) is 4.90 Å². The normalized spacial score (nSPS) is 23.6. The Labute approximate surface area is 98.4 Å². The van der Waals surface area contributed by atoms with Gasteiger partial charge < -0.3 is 5.11 Å². The van der Waals surface area contributed by atoms with E-state index in [0.717, 1.165) is 12.5 Å². The Bertz CT molecular complexity index is 164. The molecule has 0 saturated carbocycles. The fourth-order valence-electron chi connectivity index (χ4n) is 2.06. The average molecular weight is 231 g/mol. The van der Waals surface area contributed by atoms with E-state index in [0.29, 0.717) is 12.6 Å². The van der Waals surface area contributed by atoms with Crippen LogP contribution in [-0.4, -0.2) is 47.3 Å². The lowest BCUT2D eigenvalue weighted by atomic mass is 10.0. The van der Waals surface area contributed by atoms with Crippen molar-refractivity contribution >= 4 is 11.8 Å². The SMILES string of the molecule is CC(C)CSCCN1CCCC[C@@H]1CO. The molecule has 2 nitrogen and oxygen atoms in total. The van der Waals surface area contributed by atoms with Crippen molar-refractivity contribution in [3.8, 4) is 0 Å². The average Bonchev–Trinajstić information content (AvgIpc) is 2.24. The fourth-order valence-corrected chi connectivity index (χ4v) is 3.06. The zero-order valence-corrected chi connectivity index (χ0v) is 10.9. The van der Waals surface area contributed by atoms with Crippen molar-refractivity contribution in [3.63, 3.8) is 0 Å². The molecule has 1 aliphatic heterocycles. The maximum absolute atomic E-state index is 9.26. The zero-order valence-electron chi connectivity index (χ0n) is 10.1. The van der Waals surface area contributed by atoms with Gasteiger partial charge in [0, 0.05) is 18.3 Å². The van der Waals surface area contributed by atoms with Crippen molar-refractivity contribution < 1.29 is 5.11 Å². The highest BCUT2D eigenvalue weighted by Crippen LogP contribution is 2.17. The second-order valence-electron chi connectivity index (χ2n) is 4.84. The first-order chi connectivity index (χ1) is 7.24. The molecule has 90 valence electrons. The van der Waals surface area contributed by atoms with Gasteiger partial charge in [0.25, 0.3) is 0 Å². The van der Waals surface area contributed by atoms with Gasteiger partial charge in [0.1, 0.15) is 0 Å². The van der Waals surface area contributed by atoms with Gasteiger partial charge in [-0.1, -0.05) is 20.3 Å². The summed E-state index contributed by atoms with van der Waals surface area (Å²) in [5, 5.41) is 9.26. The van der Waals surface area contributed by atoms with Crippen molar-refractivity contribution in [2.45, 2.75) is 39.2 Å². The zero-order chi connectivity index (χ0) is 11.1. The van der Waals surface area contributed by atoms with Crippen LogP contribution in [0.5, 0.6) is 0 Å². The standard InChI is InChI=1S/C12H25NOS/c1-11(2)10-15-8-7-13-6-4-3-5-12(13)9-14/h11-12,14H,3-10H2,1-2H3/t12-/m1/s1. The van der Waals surface area contributed by atoms with Crippen molar-refractivity contribution in [2.24, 2.45) is 5.92 Å². The number of likely N-dealkylation sites (tertiary alicyclic amines) is 1. The van der Waals surface area contributed by atoms with Gasteiger partial charge >= 0.3 is 0 Å². The molecule has 1 atom stereocenters. The lowest BCUT2D eigenvalue weighted by molar-refractivity contribution is 0.0962. The summed E-state index contributed by atoms with van der Waals surface area (Å²) in [5.74, 6) is 3.27. The summed E-state index contributed by atoms with van der Waals surface area (Å²) in [6.07, 6.45) is 3.79. The molecule has 0 bridgehead atoms. The van der Waals surface area contributed by atoms with E-state index in [1.165, 1.54) is 37.3 Å². The van der Waals surface area contributed by atoms with Crippen LogP contribution in [-0.2, 0) is 0 Å². The van der Waals surface area contributed by atoms with Crippen LogP contribution in [0.4, 0.5) is 0 Å². The molecule has 1 aliphatic rings. The molecule has 0 aromatic heterocycles. The number of piperidine rings is 1. The van der Waals surface area contributed by atoms with Crippen molar-refractivity contribution in [2.75, 3.05) is 31.2 Å². The number of hydrogen-bond donors (Lipinski definition) is 1. The first kappa shape index (κ1) is 13.3. The molecule has 1 heterocycles. The molecule has 1 N–H and O–H groups in total. The van der Waals surface area contributed by atoms with Crippen LogP contribution in [0.15, 0.2) is 0 Å². The van der Waals surface area contributed by atoms with Crippen molar-refractivity contribution in [1.29, 1.82) is 0 Å². The van der Waals surface area contributed by atoms with E-state index in [2.05, 4.69) is 18.7 Å². The molecule has 0 spiro atoms. The van der Waals surface area contributed by atoms with Crippen LogP contribution in [0.1, 0.15) is 33.1 Å². The molecule has 3 heteroatoms. The molecule has 15 heavy (non-hydrogen) atoms. The topological polar surface area (TPSA) is 23.5 Å². The smallest absolute Gasteiger partial charge is 0.0586 e. The summed E-state index contributed by atoms with van der Waals surface area (Å²) in [7, 11) is 0. The van der Waals surface area contributed by atoms with Gasteiger partial charge in [-0.05, 0) is 31.1 Å². The number of nitrogens with zero attached hydrogens (tertiary/aromatic N) is 1. The van der Waals surface area contributed by atoms with Crippen molar-refractivity contribution in [1.82, 2.24) is 4.90 Å². The molecule has 1 saturated heterocycles. The largest absolute Gasteiger partial charge is 0.395 e. The Morgan fingerprint density at radius 3 is 2.87 bits per heavy atom. The second-order valence-corrected chi connectivity index (χ2v) is 5.99. The highest BCUT2D eigenvalue weighted by atomic mass is 32.2. The minimum absolute atomic E-state index is 0.342. The monoisotopic (exact) mass is 231 g/mol. The van der Waals surface area contributed by atoms with E-state index in [9.17, 15) is 5.11 Å². The van der Waals surface area contributed by atoms with Crippen LogP contribution >= 0.6 is 11.8 Å². The number of hydrogen-bond acceptors (Lipinski definition) is 3. The van der Waals surface area contributed by atoms with E-state index >= 15 is 0 Å². The summed E-state index contributed by atoms with van der Waals surface area (Å²) in [5.41, 5.74) is 0. The number of thioether (sulfide) groups is 1. The minimum Gasteiger partial charge on any atom is -0.395 e. The lowest BCUT2D eigenvalue weighted by Crippen LogP contribution is -2.42. The summed E-state index contributed by atoms with van der Waals surface area (Å²) in [6, 6.07) is 0.443. The van der Waals surface area contributed by atoms with Crippen LogP contribution in [0.2, 0.25) is 0 Å². The lowest BCUT2D eigenvalue weighted by Gasteiger charge is -2.34. The Balaban J connectivity index is 2.12. The summed E-state index contributed by atoms with van der Waals surface area (Å²) < 4.78 is 0. The van der Waals surface area contributed by atoms with Crippen molar-refractivity contribution in [3.05, 3.63) is 0 Å². The van der Waals surface area contributed by atoms with Gasteiger partial charge in [-0.2, -0.15) is 11.8 Å². The minimum atomic E-state index is 0.342. The first-order valence-corrected chi connectivity index (χ1v) is 7.32. The highest BCUT2D eigenvalue weighted by Gasteiger charge is 2.20. The first-order valence-electron chi connectivity index (χ1n) is 6.16. The van der Waals surface area contributed by atoms with Gasteiger partial charge in [-0.15, -0.1) is 0 Å². The second kappa shape index (κ2) is 7.53. The molecule has 0 unspecified atom stereocenters. The van der Waals surface area contributed by atoms with Crippen LogP contribution < -0.4 is 0 Å². The third-order valence-electron chi connectivity index (χ3n) is 2.93. The summed E-state index contributed by atoms with van der Waals surface area (Å²) in [6.45, 7) is 7.22. The van der Waals surface area contributed by atoms with Gasteiger partial charge in [0.15, 0.2) is 0 Å². The van der Waals surface area contributed by atoms with Gasteiger partial charge in [0.05, 0.1) is 6.61 Å². The third-order valence-corrected chi connectivity index (χ3v) is 4.31. The van der Waals surface area contributed by atoms with Gasteiger partial charge in [0.2, 0.25) is 0 Å². The van der Waals surface area contributed by atoms with E-state index in [1.54, 1.807) is 0 Å². The molecule has 0 radical (unpaired) electrons. The molecular weight excluding hydrogens is 206 g/mol. The van der Waals surface area contributed by atoms with E-state index in [4.69, 9.17) is 0 Å². The molecule has 0 amide bonds. The molecule has 0 aliphatic carbocycles. The Morgan fingerprint density at radius 1 is 1.40 bits per heavy atom. The predicted molar refractivity (Wildman–Crippen MR) is 68.5 cm³/mol. The molecule has 1 rings (SSSR count). The van der Waals surface area contributed by atoms with Crippen LogP contribution in [0.25, 0.3) is 0 Å². The Hall–Kier alpha value is 0.270. The van der Waals surface area contributed by atoms with Crippen LogP contribution in [0, 0.1) is 5.92 Å². The quantitative estimate of drug-likeness (QED) is 0.709. The molecular formula is C12H25NOS. The molecule has 0 aromatic rings. The van der Waals surface area contributed by atoms with E-state index < -0.39 is 0 Å². The maximum atomic E-state index is 9.26. The number of rotatable bonds is 6. The summed E-state index contributed by atoms with van der Waals surface area (Å²) >= 11 is 2.04. The Kier molecular flexibility index (Phi) is 6.69. The number of aliphatic hydroxyl groups is 1. The van der Waals surface area contributed by atoms with Crippen LogP contribution in [0.3, 0.4) is 0 Å². The number of aliphatic hydroxyl groups excluding tert-OH is 1. The highest BCUT2D eigenvalue weighted by molar-refractivity contribution is 7.99. The van der Waals surface area contributed by atoms with Gasteiger partial charge in [-0.25, -0.2) is 0 Å². The fraction of sp³-hybridized carbons (Fsp3) is 1.00. The molecule has 1 fully saturated rings.